The van der Waals surface area contributed by atoms with Gasteiger partial charge in [-0.2, -0.15) is 72.3 Å². The Morgan fingerprint density at radius 2 is 1.20 bits per heavy atom. The van der Waals surface area contributed by atoms with Gasteiger partial charge in [0.25, 0.3) is 0 Å². The van der Waals surface area contributed by atoms with Crippen molar-refractivity contribution < 1.29 is 24.2 Å². The molecule has 0 fully saturated rings. The van der Waals surface area contributed by atoms with Gasteiger partial charge in [0.05, 0.1) is 0 Å². The molecule has 0 amide bonds. The van der Waals surface area contributed by atoms with E-state index in [0.29, 0.717) is 11.3 Å². The van der Waals surface area contributed by atoms with Gasteiger partial charge in [0.2, 0.25) is 0 Å². The Bertz CT molecular complexity index is 1910. The average Bonchev–Trinajstić information content (AvgIpc) is 3.82. The van der Waals surface area contributed by atoms with Gasteiger partial charge in [-0.15, -0.1) is 77.3 Å². The molecule has 0 N–H and O–H groups in total. The molecular weight excluding hydrogens is 834 g/mol. The van der Waals surface area contributed by atoms with Gasteiger partial charge in [0.15, 0.2) is 0 Å². The van der Waals surface area contributed by atoms with Gasteiger partial charge in [-0.25, -0.2) is 6.08 Å². The standard InChI is InChI=1S/C25H17.C12H19.2C6H4Cl.CH2.2ClH.Zr/c1-3-7-18(8-4-1)20-11-13-24-22(15-20)17-23-16-21(12-14-25(23)24)19-9-5-2-6-10-19;1-5-6-10-7-8-11(9-10)12(2,3)4;2*7-6-4-2-1-3-5-6;;;;/h1-15H,17H2;8-10H,5-6H2,1-4H3;2*2-5H;1H2;2*1H;/q4*-1;;;;. The third-order valence-electron chi connectivity index (χ3n) is 8.64. The van der Waals surface area contributed by atoms with E-state index in [-0.39, 0.29) is 24.8 Å². The zero-order valence-corrected chi connectivity index (χ0v) is 37.5. The molecule has 2 aliphatic rings. The Kier molecular flexibility index (Phi) is 21.8. The molecule has 6 aromatic carbocycles. The van der Waals surface area contributed by atoms with Crippen LogP contribution in [-0.4, -0.2) is 4.21 Å². The van der Waals surface area contributed by atoms with E-state index >= 15 is 0 Å². The van der Waals surface area contributed by atoms with Gasteiger partial charge in [0, 0.05) is 0 Å². The largest absolute Gasteiger partial charge is 0.143 e. The van der Waals surface area contributed by atoms with Gasteiger partial charge in [-0.05, 0) is 23.1 Å². The molecule has 55 heavy (non-hydrogen) atoms. The molecule has 284 valence electrons. The number of benzene rings is 6. The molecule has 0 bridgehead atoms. The summed E-state index contributed by atoms with van der Waals surface area (Å²) in [5.41, 5.74) is 12.1. The number of hydrogen-bond donors (Lipinski definition) is 0. The van der Waals surface area contributed by atoms with Crippen LogP contribution in [0.15, 0.2) is 157 Å². The van der Waals surface area contributed by atoms with Crippen molar-refractivity contribution in [3.8, 4) is 33.4 Å². The van der Waals surface area contributed by atoms with Crippen molar-refractivity contribution >= 4 is 52.2 Å². The monoisotopic (exact) mass is 878 g/mol. The summed E-state index contributed by atoms with van der Waals surface area (Å²) in [5, 5.41) is 1.53. The Hall–Kier alpha value is -3.29. The Morgan fingerprint density at radius 1 is 0.673 bits per heavy atom. The second kappa shape index (κ2) is 25.1. The quantitative estimate of drug-likeness (QED) is 0.155. The van der Waals surface area contributed by atoms with Gasteiger partial charge in [-0.3, -0.25) is 6.08 Å². The predicted molar refractivity (Wildman–Crippen MR) is 240 cm³/mol. The molecule has 8 rings (SSSR count). The molecule has 0 radical (unpaired) electrons. The summed E-state index contributed by atoms with van der Waals surface area (Å²) in [4.78, 5) is 0. The number of allylic oxidation sites excluding steroid dienone is 4. The van der Waals surface area contributed by atoms with Gasteiger partial charge >= 0.3 is 28.4 Å². The van der Waals surface area contributed by atoms with E-state index in [9.17, 15) is 0 Å². The smallest absolute Gasteiger partial charge is 0.0181 e. The average molecular weight is 882 g/mol. The molecule has 0 spiro atoms. The Labute approximate surface area is 367 Å². The first kappa shape index (κ1) is 47.9. The van der Waals surface area contributed by atoms with Crippen LogP contribution in [0, 0.1) is 35.6 Å². The Balaban J connectivity index is 0.000000291. The summed E-state index contributed by atoms with van der Waals surface area (Å²) in [6.45, 7) is 8.99. The van der Waals surface area contributed by atoms with Crippen LogP contribution in [0.2, 0.25) is 10.0 Å². The molecule has 0 saturated carbocycles. The second-order valence-electron chi connectivity index (χ2n) is 13.6. The first-order valence-electron chi connectivity index (χ1n) is 17.9. The van der Waals surface area contributed by atoms with E-state index in [1.807, 2.05) is 0 Å². The molecule has 0 saturated heterocycles. The summed E-state index contributed by atoms with van der Waals surface area (Å²) >= 11 is 12.3. The van der Waals surface area contributed by atoms with Gasteiger partial charge < -0.3 is 0 Å². The van der Waals surface area contributed by atoms with E-state index in [0.717, 1.165) is 16.5 Å². The van der Waals surface area contributed by atoms with Gasteiger partial charge in [0.1, 0.15) is 0 Å². The molecule has 6 aromatic rings. The van der Waals surface area contributed by atoms with Crippen molar-refractivity contribution in [1.82, 2.24) is 0 Å². The molecule has 1 atom stereocenters. The van der Waals surface area contributed by atoms with Crippen LogP contribution in [0.5, 0.6) is 0 Å². The van der Waals surface area contributed by atoms with Crippen LogP contribution in [0.1, 0.15) is 51.7 Å². The van der Waals surface area contributed by atoms with Crippen LogP contribution in [0.4, 0.5) is 0 Å². The van der Waals surface area contributed by atoms with E-state index < -0.39 is 0 Å². The maximum absolute atomic E-state index is 5.52. The fraction of sp³-hybridized carbons (Fsp3) is 0.180. The first-order chi connectivity index (χ1) is 25.7. The third kappa shape index (κ3) is 15.3. The molecule has 1 unspecified atom stereocenters. The number of rotatable bonds is 4. The summed E-state index contributed by atoms with van der Waals surface area (Å²) in [5.74, 6) is 0.587. The Morgan fingerprint density at radius 3 is 1.67 bits per heavy atom. The van der Waals surface area contributed by atoms with Crippen molar-refractivity contribution in [2.24, 2.45) is 11.3 Å². The van der Waals surface area contributed by atoms with E-state index in [4.69, 9.17) is 23.2 Å². The third-order valence-corrected chi connectivity index (χ3v) is 9.14. The maximum Gasteiger partial charge on any atom is -0.0181 e. The number of fused-ring (bicyclic) bond motifs is 3. The summed E-state index contributed by atoms with van der Waals surface area (Å²) < 4.78 is 3.34. The number of hydrogen-bond acceptors (Lipinski definition) is 0. The van der Waals surface area contributed by atoms with Crippen LogP contribution in [0.25, 0.3) is 33.4 Å². The minimum atomic E-state index is 0. The van der Waals surface area contributed by atoms with Crippen LogP contribution in [-0.2, 0) is 30.7 Å². The minimum Gasteiger partial charge on any atom is -0.143 e. The maximum atomic E-state index is 5.52. The van der Waals surface area contributed by atoms with Crippen molar-refractivity contribution in [1.29, 1.82) is 0 Å². The molecule has 0 aromatic heterocycles. The van der Waals surface area contributed by atoms with E-state index in [1.165, 1.54) is 87.2 Å². The van der Waals surface area contributed by atoms with Crippen LogP contribution >= 0.6 is 48.0 Å². The predicted octanol–water partition coefficient (Wildman–Crippen LogP) is 15.2. The topological polar surface area (TPSA) is 0 Å². The molecule has 5 heteroatoms. The van der Waals surface area contributed by atoms with Crippen LogP contribution < -0.4 is 0 Å². The fourth-order valence-corrected chi connectivity index (χ4v) is 6.16. The molecule has 0 heterocycles. The first-order valence-corrected chi connectivity index (χ1v) is 20.4. The zero-order chi connectivity index (χ0) is 38.1. The van der Waals surface area contributed by atoms with Crippen molar-refractivity contribution in [2.45, 2.75) is 47.0 Å². The normalized spacial score (nSPS) is 12.7. The minimum absolute atomic E-state index is 0. The molecule has 2 aliphatic carbocycles. The summed E-state index contributed by atoms with van der Waals surface area (Å²) in [6, 6.07) is 56.0. The van der Waals surface area contributed by atoms with Crippen molar-refractivity contribution in [3.05, 3.63) is 203 Å². The summed E-state index contributed by atoms with van der Waals surface area (Å²) in [7, 11) is 0. The van der Waals surface area contributed by atoms with Crippen molar-refractivity contribution in [2.75, 3.05) is 0 Å². The van der Waals surface area contributed by atoms with Gasteiger partial charge in [-0.1, -0.05) is 157 Å². The van der Waals surface area contributed by atoms with E-state index in [1.54, 1.807) is 48.5 Å². The number of halogens is 4. The zero-order valence-electron chi connectivity index (χ0n) is 31.9. The van der Waals surface area contributed by atoms with Crippen molar-refractivity contribution in [3.63, 3.8) is 0 Å². The fourth-order valence-electron chi connectivity index (χ4n) is 5.91. The molecule has 0 nitrogen and oxygen atoms in total. The molecule has 0 aliphatic heterocycles. The molecular formula is C50H48Cl4Zr-4. The van der Waals surface area contributed by atoms with Crippen LogP contribution in [0.3, 0.4) is 0 Å². The SMILES string of the molecule is CCCC1[C-]=CC(C(C)(C)C)=C1.Cl.Cl.Clc1cc[c-]cc1.Clc1cc[c-]cc1.[CH2]=[Zr].[c-]1c(-c2ccccc2)ccc2c1Cc1cc(-c3ccccc3)ccc1-2. The second-order valence-corrected chi connectivity index (χ2v) is 14.4. The summed E-state index contributed by atoms with van der Waals surface area (Å²) in [6.07, 6.45) is 11.4. The van der Waals surface area contributed by atoms with E-state index in [2.05, 4.69) is 159 Å².